The summed E-state index contributed by atoms with van der Waals surface area (Å²) in [5.74, 6) is 1.33. The van der Waals surface area contributed by atoms with Crippen molar-refractivity contribution >= 4 is 55.9 Å². The molecular formula is C21H21N7O3S2. The second kappa shape index (κ2) is 8.89. The Kier molecular flexibility index (Phi) is 5.79. The van der Waals surface area contributed by atoms with Crippen LogP contribution in [0, 0.1) is 6.92 Å². The maximum Gasteiger partial charge on any atom is 0.264 e. The molecule has 0 bridgehead atoms. The van der Waals surface area contributed by atoms with E-state index >= 15 is 0 Å². The van der Waals surface area contributed by atoms with Gasteiger partial charge >= 0.3 is 0 Å². The van der Waals surface area contributed by atoms with E-state index in [1.165, 1.54) is 6.07 Å². The van der Waals surface area contributed by atoms with Crippen LogP contribution < -0.4 is 14.9 Å². The van der Waals surface area contributed by atoms with Gasteiger partial charge in [-0.25, -0.2) is 13.4 Å². The summed E-state index contributed by atoms with van der Waals surface area (Å²) >= 11 is 0.982. The molecule has 0 atom stereocenters. The van der Waals surface area contributed by atoms with Crippen LogP contribution in [0.5, 0.6) is 0 Å². The predicted molar refractivity (Wildman–Crippen MR) is 128 cm³/mol. The van der Waals surface area contributed by atoms with E-state index < -0.39 is 10.0 Å². The number of fused-ring (bicyclic) bond motifs is 1. The van der Waals surface area contributed by atoms with Crippen molar-refractivity contribution in [1.82, 2.24) is 18.7 Å². The van der Waals surface area contributed by atoms with Crippen LogP contribution >= 0.6 is 11.7 Å². The lowest BCUT2D eigenvalue weighted by Crippen LogP contribution is -2.36. The average Bonchev–Trinajstić information content (AvgIpc) is 3.29. The molecule has 0 spiro atoms. The smallest absolute Gasteiger partial charge is 0.264 e. The number of nitrogens with one attached hydrogen (secondary N) is 2. The lowest BCUT2D eigenvalue weighted by molar-refractivity contribution is 0.122. The van der Waals surface area contributed by atoms with Crippen molar-refractivity contribution in [2.75, 3.05) is 41.2 Å². The molecule has 1 fully saturated rings. The molecule has 0 radical (unpaired) electrons. The first-order valence-electron chi connectivity index (χ1n) is 10.3. The molecule has 1 saturated heterocycles. The molecule has 12 heteroatoms. The van der Waals surface area contributed by atoms with Crippen molar-refractivity contribution in [2.24, 2.45) is 0 Å². The van der Waals surface area contributed by atoms with E-state index in [1.54, 1.807) is 36.4 Å². The summed E-state index contributed by atoms with van der Waals surface area (Å²) in [6.07, 6.45) is 0. The molecule has 1 aliphatic heterocycles. The maximum atomic E-state index is 12.9. The number of hydrogen-bond acceptors (Lipinski definition) is 10. The van der Waals surface area contributed by atoms with Crippen LogP contribution in [0.2, 0.25) is 0 Å². The number of benzene rings is 2. The summed E-state index contributed by atoms with van der Waals surface area (Å²) in [5.41, 5.74) is 2.93. The van der Waals surface area contributed by atoms with E-state index in [1.807, 2.05) is 13.0 Å². The lowest BCUT2D eigenvalue weighted by atomic mass is 10.3. The first-order valence-corrected chi connectivity index (χ1v) is 12.5. The number of aryl methyl sites for hydroxylation is 1. The second-order valence-electron chi connectivity index (χ2n) is 7.49. The third-order valence-corrected chi connectivity index (χ3v) is 7.06. The largest absolute Gasteiger partial charge is 0.378 e. The molecule has 33 heavy (non-hydrogen) atoms. The van der Waals surface area contributed by atoms with Gasteiger partial charge < -0.3 is 15.0 Å². The fourth-order valence-electron chi connectivity index (χ4n) is 3.52. The van der Waals surface area contributed by atoms with Crippen molar-refractivity contribution in [1.29, 1.82) is 0 Å². The summed E-state index contributed by atoms with van der Waals surface area (Å²) in [6, 6.07) is 13.7. The molecule has 0 unspecified atom stereocenters. The SMILES string of the molecule is Cc1cc(N2CCOCC2)nc(Nc2ccc(NS(=O)(=O)c3cccc4nsnc34)cc2)n1. The zero-order valence-corrected chi connectivity index (χ0v) is 19.4. The molecule has 0 amide bonds. The summed E-state index contributed by atoms with van der Waals surface area (Å²) in [5, 5.41) is 3.19. The van der Waals surface area contributed by atoms with Crippen molar-refractivity contribution in [3.8, 4) is 0 Å². The molecule has 2 aromatic carbocycles. The number of anilines is 4. The number of aromatic nitrogens is 4. The van der Waals surface area contributed by atoms with Crippen molar-refractivity contribution in [3.63, 3.8) is 0 Å². The number of ether oxygens (including phenoxy) is 1. The summed E-state index contributed by atoms with van der Waals surface area (Å²) in [4.78, 5) is 11.4. The molecule has 5 rings (SSSR count). The van der Waals surface area contributed by atoms with Crippen LogP contribution in [0.4, 0.5) is 23.1 Å². The minimum absolute atomic E-state index is 0.0970. The van der Waals surface area contributed by atoms with E-state index in [9.17, 15) is 8.42 Å². The summed E-state index contributed by atoms with van der Waals surface area (Å²) in [7, 11) is -3.81. The minimum atomic E-state index is -3.81. The Hall–Kier alpha value is -3.35. The molecule has 3 heterocycles. The third kappa shape index (κ3) is 4.72. The zero-order chi connectivity index (χ0) is 22.8. The first kappa shape index (κ1) is 21.5. The molecule has 170 valence electrons. The number of hydrogen-bond donors (Lipinski definition) is 2. The highest BCUT2D eigenvalue weighted by Crippen LogP contribution is 2.25. The summed E-state index contributed by atoms with van der Waals surface area (Å²) in [6.45, 7) is 4.85. The van der Waals surface area contributed by atoms with Crippen LogP contribution in [0.1, 0.15) is 5.69 Å². The van der Waals surface area contributed by atoms with Gasteiger partial charge in [-0.15, -0.1) is 0 Å². The Labute approximate surface area is 195 Å². The Morgan fingerprint density at radius 2 is 1.76 bits per heavy atom. The van der Waals surface area contributed by atoms with E-state index in [4.69, 9.17) is 4.74 Å². The fraction of sp³-hybridized carbons (Fsp3) is 0.238. The van der Waals surface area contributed by atoms with E-state index in [2.05, 4.69) is 33.7 Å². The van der Waals surface area contributed by atoms with E-state index in [0.717, 1.165) is 42.0 Å². The van der Waals surface area contributed by atoms with E-state index in [-0.39, 0.29) is 4.90 Å². The number of nitrogens with zero attached hydrogens (tertiary/aromatic N) is 5. The molecule has 2 N–H and O–H groups in total. The molecule has 2 aromatic heterocycles. The third-order valence-electron chi connectivity index (χ3n) is 5.11. The highest BCUT2D eigenvalue weighted by Gasteiger charge is 2.20. The van der Waals surface area contributed by atoms with Crippen LogP contribution in [0.3, 0.4) is 0 Å². The highest BCUT2D eigenvalue weighted by atomic mass is 32.2. The molecular weight excluding hydrogens is 462 g/mol. The van der Waals surface area contributed by atoms with Gasteiger partial charge in [0.1, 0.15) is 21.7 Å². The molecule has 4 aromatic rings. The van der Waals surface area contributed by atoms with Crippen LogP contribution in [-0.2, 0) is 14.8 Å². The van der Waals surface area contributed by atoms with Crippen LogP contribution in [-0.4, -0.2) is 53.4 Å². The minimum Gasteiger partial charge on any atom is -0.378 e. The Morgan fingerprint density at radius 1 is 1.00 bits per heavy atom. The number of sulfonamides is 1. The van der Waals surface area contributed by atoms with Gasteiger partial charge in [-0.3, -0.25) is 4.72 Å². The quantitative estimate of drug-likeness (QED) is 0.426. The van der Waals surface area contributed by atoms with Crippen molar-refractivity contribution in [2.45, 2.75) is 11.8 Å². The topological polar surface area (TPSA) is 122 Å². The Bertz CT molecular complexity index is 1380. The Balaban J connectivity index is 1.32. The first-order chi connectivity index (χ1) is 16.0. The van der Waals surface area contributed by atoms with Crippen molar-refractivity contribution < 1.29 is 13.2 Å². The standard InChI is InChI=1S/C21H21N7O3S2/c1-14-13-19(28-9-11-31-12-10-28)24-21(22-14)23-15-5-7-16(8-6-15)27-33(29,30)18-4-2-3-17-20(18)26-32-25-17/h2-8,13,27H,9-12H2,1H3,(H,22,23,24). The van der Waals surface area contributed by atoms with Gasteiger partial charge in [-0.05, 0) is 43.3 Å². The number of rotatable bonds is 6. The summed E-state index contributed by atoms with van der Waals surface area (Å²) < 4.78 is 42.0. The van der Waals surface area contributed by atoms with Gasteiger partial charge in [0, 0.05) is 36.2 Å². The normalized spacial score (nSPS) is 14.4. The predicted octanol–water partition coefficient (Wildman–Crippen LogP) is 3.17. The van der Waals surface area contributed by atoms with Gasteiger partial charge in [0.15, 0.2) is 0 Å². The van der Waals surface area contributed by atoms with Gasteiger partial charge in [0.05, 0.1) is 24.9 Å². The molecule has 0 saturated carbocycles. The molecule has 1 aliphatic rings. The molecule has 10 nitrogen and oxygen atoms in total. The lowest BCUT2D eigenvalue weighted by Gasteiger charge is -2.28. The average molecular weight is 484 g/mol. The maximum absolute atomic E-state index is 12.9. The van der Waals surface area contributed by atoms with Crippen LogP contribution in [0.25, 0.3) is 11.0 Å². The monoisotopic (exact) mass is 483 g/mol. The van der Waals surface area contributed by atoms with Crippen molar-refractivity contribution in [3.05, 3.63) is 54.2 Å². The van der Waals surface area contributed by atoms with Gasteiger partial charge in [-0.1, -0.05) is 6.07 Å². The van der Waals surface area contributed by atoms with Gasteiger partial charge in [0.25, 0.3) is 10.0 Å². The van der Waals surface area contributed by atoms with Gasteiger partial charge in [-0.2, -0.15) is 13.7 Å². The second-order valence-corrected chi connectivity index (χ2v) is 9.67. The highest BCUT2D eigenvalue weighted by molar-refractivity contribution is 7.93. The van der Waals surface area contributed by atoms with Crippen LogP contribution in [0.15, 0.2) is 53.4 Å². The number of morpholine rings is 1. The fourth-order valence-corrected chi connectivity index (χ4v) is 5.35. The molecule has 0 aliphatic carbocycles. The zero-order valence-electron chi connectivity index (χ0n) is 17.7. The van der Waals surface area contributed by atoms with Gasteiger partial charge in [0.2, 0.25) is 5.95 Å². The Morgan fingerprint density at radius 3 is 2.55 bits per heavy atom. The van der Waals surface area contributed by atoms with E-state index in [0.29, 0.717) is 35.9 Å².